The van der Waals surface area contributed by atoms with Crippen LogP contribution in [0.4, 0.5) is 11.5 Å². The van der Waals surface area contributed by atoms with Gasteiger partial charge in [0, 0.05) is 0 Å². The molecule has 0 saturated carbocycles. The van der Waals surface area contributed by atoms with Crippen molar-refractivity contribution < 1.29 is 14.4 Å². The van der Waals surface area contributed by atoms with Crippen molar-refractivity contribution in [2.24, 2.45) is 5.84 Å². The monoisotopic (exact) mass is 290 g/mol. The lowest BCUT2D eigenvalue weighted by molar-refractivity contribution is -0.384. The predicted octanol–water partition coefficient (Wildman–Crippen LogP) is 1.86. The molecule has 0 fully saturated rings. The Bertz CT molecular complexity index is 631. The number of nitrogens with one attached hydrogen (secondary N) is 1. The third-order valence-corrected chi connectivity index (χ3v) is 2.69. The van der Waals surface area contributed by atoms with Gasteiger partial charge < -0.3 is 14.9 Å². The van der Waals surface area contributed by atoms with Crippen LogP contribution in [0.2, 0.25) is 0 Å². The number of nitro groups is 1. The standard InChI is InChI=1S/C13H14N4O4/c1-20-11-4-2-9(3-5-11)8-21-13-7-10(17(18)19)6-12(15-13)16-14/h2-7H,8,14H2,1H3,(H,15,16). The average molecular weight is 290 g/mol. The lowest BCUT2D eigenvalue weighted by atomic mass is 10.2. The number of hydrogen-bond acceptors (Lipinski definition) is 7. The third-order valence-electron chi connectivity index (χ3n) is 2.69. The Morgan fingerprint density at radius 3 is 2.62 bits per heavy atom. The Labute approximate surface area is 120 Å². The van der Waals surface area contributed by atoms with Crippen LogP contribution in [0.25, 0.3) is 0 Å². The van der Waals surface area contributed by atoms with Crippen molar-refractivity contribution in [2.45, 2.75) is 6.61 Å². The molecule has 2 rings (SSSR count). The van der Waals surface area contributed by atoms with Crippen LogP contribution >= 0.6 is 0 Å². The van der Waals surface area contributed by atoms with E-state index in [1.165, 1.54) is 12.1 Å². The van der Waals surface area contributed by atoms with Gasteiger partial charge in [-0.05, 0) is 17.7 Å². The van der Waals surface area contributed by atoms with Crippen molar-refractivity contribution in [1.29, 1.82) is 0 Å². The zero-order valence-electron chi connectivity index (χ0n) is 11.3. The predicted molar refractivity (Wildman–Crippen MR) is 76.0 cm³/mol. The Hall–Kier alpha value is -2.87. The summed E-state index contributed by atoms with van der Waals surface area (Å²) in [5.41, 5.74) is 2.99. The average Bonchev–Trinajstić information content (AvgIpc) is 2.53. The van der Waals surface area contributed by atoms with Gasteiger partial charge in [0.05, 0.1) is 24.2 Å². The molecule has 110 valence electrons. The van der Waals surface area contributed by atoms with Crippen LogP contribution in [0, 0.1) is 10.1 Å². The number of ether oxygens (including phenoxy) is 2. The molecule has 8 nitrogen and oxygen atoms in total. The minimum absolute atomic E-state index is 0.118. The summed E-state index contributed by atoms with van der Waals surface area (Å²) in [7, 11) is 1.58. The van der Waals surface area contributed by atoms with Crippen LogP contribution in [-0.4, -0.2) is 17.0 Å². The summed E-state index contributed by atoms with van der Waals surface area (Å²) in [5, 5.41) is 10.8. The van der Waals surface area contributed by atoms with Gasteiger partial charge in [-0.15, -0.1) is 0 Å². The molecule has 0 bridgehead atoms. The molecule has 0 saturated heterocycles. The molecule has 0 aliphatic carbocycles. The minimum atomic E-state index is -0.539. The van der Waals surface area contributed by atoms with E-state index in [-0.39, 0.29) is 24.0 Å². The third kappa shape index (κ3) is 3.80. The highest BCUT2D eigenvalue weighted by atomic mass is 16.6. The molecule has 2 aromatic rings. The number of hydrogen-bond donors (Lipinski definition) is 2. The summed E-state index contributed by atoms with van der Waals surface area (Å²) in [6.07, 6.45) is 0. The van der Waals surface area contributed by atoms with E-state index in [0.29, 0.717) is 0 Å². The molecule has 0 amide bonds. The fraction of sp³-hybridized carbons (Fsp3) is 0.154. The van der Waals surface area contributed by atoms with Crippen LogP contribution in [0.1, 0.15) is 5.56 Å². The maximum atomic E-state index is 10.8. The molecule has 1 aromatic heterocycles. The minimum Gasteiger partial charge on any atom is -0.497 e. The van der Waals surface area contributed by atoms with Crippen molar-refractivity contribution in [3.05, 3.63) is 52.1 Å². The van der Waals surface area contributed by atoms with Crippen molar-refractivity contribution in [3.8, 4) is 11.6 Å². The van der Waals surface area contributed by atoms with Crippen LogP contribution in [0.15, 0.2) is 36.4 Å². The second-order valence-electron chi connectivity index (χ2n) is 4.09. The van der Waals surface area contributed by atoms with Crippen LogP contribution in [-0.2, 0) is 6.61 Å². The van der Waals surface area contributed by atoms with E-state index in [0.717, 1.165) is 11.3 Å². The van der Waals surface area contributed by atoms with Gasteiger partial charge >= 0.3 is 0 Å². The number of methoxy groups -OCH3 is 1. The number of nitrogens with two attached hydrogens (primary N) is 1. The Morgan fingerprint density at radius 1 is 1.33 bits per heavy atom. The first-order valence-electron chi connectivity index (χ1n) is 6.01. The lowest BCUT2D eigenvalue weighted by Gasteiger charge is -2.08. The number of aromatic nitrogens is 1. The quantitative estimate of drug-likeness (QED) is 0.474. The number of nitrogen functional groups attached to an aromatic ring is 1. The maximum Gasteiger partial charge on any atom is 0.278 e. The van der Waals surface area contributed by atoms with E-state index in [1.54, 1.807) is 19.2 Å². The number of benzene rings is 1. The van der Waals surface area contributed by atoms with Gasteiger partial charge in [-0.25, -0.2) is 5.84 Å². The maximum absolute atomic E-state index is 10.8. The van der Waals surface area contributed by atoms with Gasteiger partial charge in [0.1, 0.15) is 12.4 Å². The first-order valence-corrected chi connectivity index (χ1v) is 6.01. The topological polar surface area (TPSA) is 113 Å². The van der Waals surface area contributed by atoms with Crippen LogP contribution < -0.4 is 20.7 Å². The van der Waals surface area contributed by atoms with Crippen LogP contribution in [0.5, 0.6) is 11.6 Å². The van der Waals surface area contributed by atoms with E-state index in [1.807, 2.05) is 12.1 Å². The van der Waals surface area contributed by atoms with Gasteiger partial charge in [-0.1, -0.05) is 12.1 Å². The molecule has 0 radical (unpaired) electrons. The fourth-order valence-corrected chi connectivity index (χ4v) is 1.62. The Balaban J connectivity index is 2.11. The van der Waals surface area contributed by atoms with E-state index < -0.39 is 4.92 Å². The van der Waals surface area contributed by atoms with Gasteiger partial charge in [0.15, 0.2) is 5.82 Å². The second kappa shape index (κ2) is 6.53. The molecule has 8 heteroatoms. The Kier molecular flexibility index (Phi) is 4.52. The van der Waals surface area contributed by atoms with E-state index in [4.69, 9.17) is 15.3 Å². The molecule has 0 atom stereocenters. The summed E-state index contributed by atoms with van der Waals surface area (Å²) >= 11 is 0. The zero-order chi connectivity index (χ0) is 15.2. The molecule has 21 heavy (non-hydrogen) atoms. The number of nitrogens with zero attached hydrogens (tertiary/aromatic N) is 2. The number of pyridine rings is 1. The highest BCUT2D eigenvalue weighted by molar-refractivity contribution is 5.47. The summed E-state index contributed by atoms with van der Waals surface area (Å²) in [5.74, 6) is 6.24. The van der Waals surface area contributed by atoms with Crippen molar-refractivity contribution in [1.82, 2.24) is 4.98 Å². The normalized spacial score (nSPS) is 10.0. The largest absolute Gasteiger partial charge is 0.497 e. The molecule has 1 aromatic carbocycles. The summed E-state index contributed by atoms with van der Waals surface area (Å²) in [4.78, 5) is 14.3. The molecule has 3 N–H and O–H groups in total. The SMILES string of the molecule is COc1ccc(COc2cc([N+](=O)[O-])cc(NN)n2)cc1. The van der Waals surface area contributed by atoms with Gasteiger partial charge in [-0.3, -0.25) is 10.1 Å². The lowest BCUT2D eigenvalue weighted by Crippen LogP contribution is -2.10. The van der Waals surface area contributed by atoms with Crippen molar-refractivity contribution in [2.75, 3.05) is 12.5 Å². The van der Waals surface area contributed by atoms with E-state index >= 15 is 0 Å². The highest BCUT2D eigenvalue weighted by Gasteiger charge is 2.11. The summed E-state index contributed by atoms with van der Waals surface area (Å²) < 4.78 is 10.5. The summed E-state index contributed by atoms with van der Waals surface area (Å²) in [6.45, 7) is 0.224. The molecule has 0 aliphatic rings. The molecule has 0 aliphatic heterocycles. The Morgan fingerprint density at radius 2 is 2.05 bits per heavy atom. The number of anilines is 1. The fourth-order valence-electron chi connectivity index (χ4n) is 1.62. The smallest absolute Gasteiger partial charge is 0.278 e. The molecule has 1 heterocycles. The zero-order valence-corrected chi connectivity index (χ0v) is 11.3. The molecular weight excluding hydrogens is 276 g/mol. The number of hydrazine groups is 1. The van der Waals surface area contributed by atoms with E-state index in [9.17, 15) is 10.1 Å². The first-order chi connectivity index (χ1) is 10.1. The van der Waals surface area contributed by atoms with E-state index in [2.05, 4.69) is 10.4 Å². The second-order valence-corrected chi connectivity index (χ2v) is 4.09. The van der Waals surface area contributed by atoms with Gasteiger partial charge in [0.2, 0.25) is 5.88 Å². The highest BCUT2D eigenvalue weighted by Crippen LogP contribution is 2.22. The summed E-state index contributed by atoms with van der Waals surface area (Å²) in [6, 6.07) is 9.72. The first kappa shape index (κ1) is 14.5. The van der Waals surface area contributed by atoms with Crippen molar-refractivity contribution >= 4 is 11.5 Å². The molecule has 0 unspecified atom stereocenters. The molecular formula is C13H14N4O4. The van der Waals surface area contributed by atoms with Gasteiger partial charge in [-0.2, -0.15) is 4.98 Å². The van der Waals surface area contributed by atoms with Gasteiger partial charge in [0.25, 0.3) is 5.69 Å². The van der Waals surface area contributed by atoms with Crippen LogP contribution in [0.3, 0.4) is 0 Å². The molecule has 0 spiro atoms. The van der Waals surface area contributed by atoms with Crippen molar-refractivity contribution in [3.63, 3.8) is 0 Å². The number of rotatable bonds is 6.